The summed E-state index contributed by atoms with van der Waals surface area (Å²) in [4.78, 5) is 16.2. The van der Waals surface area contributed by atoms with Crippen molar-refractivity contribution in [1.82, 2.24) is 4.98 Å². The van der Waals surface area contributed by atoms with Crippen LogP contribution in [0.1, 0.15) is 11.1 Å². The zero-order valence-corrected chi connectivity index (χ0v) is 13.0. The molecule has 106 valence electrons. The minimum absolute atomic E-state index is 0.117. The summed E-state index contributed by atoms with van der Waals surface area (Å²) >= 11 is 3.31. The summed E-state index contributed by atoms with van der Waals surface area (Å²) in [6.07, 6.45) is 3.54. The molecule has 0 saturated carbocycles. The highest BCUT2D eigenvalue weighted by Gasteiger charge is 2.11. The first kappa shape index (κ1) is 13.8. The SMILES string of the molecule is Cc1ccc2occ(CC(=O)Nc3ccc(Br)cn3)c2c1. The largest absolute Gasteiger partial charge is 0.464 e. The molecule has 0 aliphatic rings. The first-order chi connectivity index (χ1) is 10.1. The molecule has 0 bridgehead atoms. The maximum atomic E-state index is 12.1. The number of amides is 1. The van der Waals surface area contributed by atoms with Gasteiger partial charge in [0.15, 0.2) is 0 Å². The highest BCUT2D eigenvalue weighted by atomic mass is 79.9. The van der Waals surface area contributed by atoms with E-state index in [9.17, 15) is 4.79 Å². The normalized spacial score (nSPS) is 10.8. The van der Waals surface area contributed by atoms with Crippen molar-refractivity contribution >= 4 is 38.6 Å². The molecule has 3 rings (SSSR count). The monoisotopic (exact) mass is 344 g/mol. The van der Waals surface area contributed by atoms with E-state index in [1.807, 2.05) is 31.2 Å². The lowest BCUT2D eigenvalue weighted by Gasteiger charge is -2.03. The second-order valence-corrected chi connectivity index (χ2v) is 5.76. The van der Waals surface area contributed by atoms with E-state index >= 15 is 0 Å². The molecule has 1 N–H and O–H groups in total. The van der Waals surface area contributed by atoms with Crippen molar-refractivity contribution in [1.29, 1.82) is 0 Å². The number of carbonyl (C=O) groups excluding carboxylic acids is 1. The van der Waals surface area contributed by atoms with Crippen molar-refractivity contribution in [2.75, 3.05) is 5.32 Å². The van der Waals surface area contributed by atoms with E-state index in [1.54, 1.807) is 18.5 Å². The lowest BCUT2D eigenvalue weighted by atomic mass is 10.1. The Hall–Kier alpha value is -2.14. The maximum absolute atomic E-state index is 12.1. The van der Waals surface area contributed by atoms with Gasteiger partial charge in [0, 0.05) is 21.6 Å². The van der Waals surface area contributed by atoms with Crippen molar-refractivity contribution in [3.63, 3.8) is 0 Å². The van der Waals surface area contributed by atoms with E-state index < -0.39 is 0 Å². The number of fused-ring (bicyclic) bond motifs is 1. The van der Waals surface area contributed by atoms with Gasteiger partial charge in [-0.3, -0.25) is 4.79 Å². The molecule has 21 heavy (non-hydrogen) atoms. The third kappa shape index (κ3) is 3.13. The van der Waals surface area contributed by atoms with E-state index in [-0.39, 0.29) is 12.3 Å². The van der Waals surface area contributed by atoms with Gasteiger partial charge in [0.05, 0.1) is 12.7 Å². The van der Waals surface area contributed by atoms with Crippen LogP contribution in [-0.2, 0) is 11.2 Å². The van der Waals surface area contributed by atoms with Gasteiger partial charge in [0.25, 0.3) is 0 Å². The molecule has 3 aromatic rings. The van der Waals surface area contributed by atoms with Gasteiger partial charge in [-0.2, -0.15) is 0 Å². The van der Waals surface area contributed by atoms with Gasteiger partial charge in [0.1, 0.15) is 11.4 Å². The predicted octanol–water partition coefficient (Wildman–Crippen LogP) is 4.08. The molecule has 0 radical (unpaired) electrons. The Morgan fingerprint density at radius 3 is 2.95 bits per heavy atom. The van der Waals surface area contributed by atoms with Crippen molar-refractivity contribution in [3.8, 4) is 0 Å². The summed E-state index contributed by atoms with van der Waals surface area (Å²) in [5, 5.41) is 3.75. The van der Waals surface area contributed by atoms with E-state index in [0.717, 1.165) is 26.6 Å². The second kappa shape index (κ2) is 5.69. The summed E-state index contributed by atoms with van der Waals surface area (Å²) in [6, 6.07) is 9.52. The molecular weight excluding hydrogens is 332 g/mol. The molecule has 0 aliphatic heterocycles. The average molecular weight is 345 g/mol. The van der Waals surface area contributed by atoms with E-state index in [0.29, 0.717) is 5.82 Å². The Morgan fingerprint density at radius 2 is 2.19 bits per heavy atom. The zero-order chi connectivity index (χ0) is 14.8. The first-order valence-electron chi connectivity index (χ1n) is 6.50. The van der Waals surface area contributed by atoms with Crippen LogP contribution in [0.15, 0.2) is 51.7 Å². The molecule has 2 heterocycles. The van der Waals surface area contributed by atoms with Gasteiger partial charge in [-0.15, -0.1) is 0 Å². The Bertz CT molecular complexity index is 794. The number of rotatable bonds is 3. The number of halogens is 1. The number of aromatic nitrogens is 1. The van der Waals surface area contributed by atoms with Crippen LogP contribution in [0.2, 0.25) is 0 Å². The summed E-state index contributed by atoms with van der Waals surface area (Å²) < 4.78 is 6.34. The number of pyridine rings is 1. The molecule has 0 unspecified atom stereocenters. The number of hydrogen-bond donors (Lipinski definition) is 1. The minimum atomic E-state index is -0.117. The number of nitrogens with one attached hydrogen (secondary N) is 1. The van der Waals surface area contributed by atoms with Crippen molar-refractivity contribution < 1.29 is 9.21 Å². The molecule has 1 amide bonds. The Balaban J connectivity index is 1.77. The lowest BCUT2D eigenvalue weighted by Crippen LogP contribution is -2.14. The van der Waals surface area contributed by atoms with Crippen LogP contribution in [0.3, 0.4) is 0 Å². The van der Waals surface area contributed by atoms with E-state index in [1.165, 1.54) is 0 Å². The number of aryl methyl sites for hydroxylation is 1. The minimum Gasteiger partial charge on any atom is -0.464 e. The number of nitrogens with zero attached hydrogens (tertiary/aromatic N) is 1. The number of benzene rings is 1. The van der Waals surface area contributed by atoms with Gasteiger partial charge in [0.2, 0.25) is 5.91 Å². The standard InChI is InChI=1S/C16H13BrN2O2/c1-10-2-4-14-13(6-10)11(9-21-14)7-16(20)19-15-5-3-12(17)8-18-15/h2-6,8-9H,7H2,1H3,(H,18,19,20). The summed E-state index contributed by atoms with van der Waals surface area (Å²) in [5.74, 6) is 0.418. The number of furan rings is 1. The molecule has 0 aliphatic carbocycles. The summed E-state index contributed by atoms with van der Waals surface area (Å²) in [7, 11) is 0. The average Bonchev–Trinajstić information content (AvgIpc) is 2.84. The zero-order valence-electron chi connectivity index (χ0n) is 11.4. The number of anilines is 1. The third-order valence-electron chi connectivity index (χ3n) is 3.16. The molecule has 4 nitrogen and oxygen atoms in total. The smallest absolute Gasteiger partial charge is 0.230 e. The molecule has 5 heteroatoms. The summed E-state index contributed by atoms with van der Waals surface area (Å²) in [6.45, 7) is 2.02. The summed E-state index contributed by atoms with van der Waals surface area (Å²) in [5.41, 5.74) is 2.81. The maximum Gasteiger partial charge on any atom is 0.230 e. The van der Waals surface area contributed by atoms with Gasteiger partial charge in [-0.05, 0) is 47.1 Å². The van der Waals surface area contributed by atoms with E-state index in [2.05, 4.69) is 26.2 Å². The molecular formula is C16H13BrN2O2. The first-order valence-corrected chi connectivity index (χ1v) is 7.29. The van der Waals surface area contributed by atoms with Crippen LogP contribution in [-0.4, -0.2) is 10.9 Å². The highest BCUT2D eigenvalue weighted by molar-refractivity contribution is 9.10. The topological polar surface area (TPSA) is 55.1 Å². The fourth-order valence-electron chi connectivity index (χ4n) is 2.14. The number of hydrogen-bond acceptors (Lipinski definition) is 3. The van der Waals surface area contributed by atoms with Crippen LogP contribution >= 0.6 is 15.9 Å². The molecule has 0 spiro atoms. The fraction of sp³-hybridized carbons (Fsp3) is 0.125. The Kier molecular flexibility index (Phi) is 3.75. The highest BCUT2D eigenvalue weighted by Crippen LogP contribution is 2.23. The predicted molar refractivity (Wildman–Crippen MR) is 85.2 cm³/mol. The van der Waals surface area contributed by atoms with Crippen LogP contribution < -0.4 is 5.32 Å². The van der Waals surface area contributed by atoms with E-state index in [4.69, 9.17) is 4.42 Å². The van der Waals surface area contributed by atoms with Gasteiger partial charge in [-0.1, -0.05) is 11.6 Å². The quantitative estimate of drug-likeness (QED) is 0.778. The Morgan fingerprint density at radius 1 is 1.33 bits per heavy atom. The number of carbonyl (C=O) groups is 1. The third-order valence-corrected chi connectivity index (χ3v) is 3.62. The second-order valence-electron chi connectivity index (χ2n) is 4.85. The van der Waals surface area contributed by atoms with Crippen LogP contribution in [0.25, 0.3) is 11.0 Å². The van der Waals surface area contributed by atoms with Gasteiger partial charge < -0.3 is 9.73 Å². The van der Waals surface area contributed by atoms with Crippen LogP contribution in [0.5, 0.6) is 0 Å². The molecule has 0 fully saturated rings. The fourth-order valence-corrected chi connectivity index (χ4v) is 2.38. The van der Waals surface area contributed by atoms with Crippen molar-refractivity contribution in [3.05, 3.63) is 58.4 Å². The molecule has 0 saturated heterocycles. The molecule has 1 aromatic carbocycles. The molecule has 2 aromatic heterocycles. The van der Waals surface area contributed by atoms with Crippen LogP contribution in [0, 0.1) is 6.92 Å². The van der Waals surface area contributed by atoms with Crippen molar-refractivity contribution in [2.24, 2.45) is 0 Å². The molecule has 0 atom stereocenters. The van der Waals surface area contributed by atoms with Crippen molar-refractivity contribution in [2.45, 2.75) is 13.3 Å². The van der Waals surface area contributed by atoms with Crippen LogP contribution in [0.4, 0.5) is 5.82 Å². The lowest BCUT2D eigenvalue weighted by molar-refractivity contribution is -0.115. The van der Waals surface area contributed by atoms with Gasteiger partial charge in [-0.25, -0.2) is 4.98 Å². The Labute approximate surface area is 130 Å². The van der Waals surface area contributed by atoms with Gasteiger partial charge >= 0.3 is 0 Å².